The van der Waals surface area contributed by atoms with Gasteiger partial charge in [-0.2, -0.15) is 15.8 Å². The van der Waals surface area contributed by atoms with Gasteiger partial charge in [0.25, 0.3) is 0 Å². The summed E-state index contributed by atoms with van der Waals surface area (Å²) in [6.07, 6.45) is 2.61. The molecule has 0 spiro atoms. The largest absolute Gasteiger partial charge is 0.330 e. The smallest absolute Gasteiger partial charge is 0.184 e. The molecule has 0 aromatic rings. The van der Waals surface area contributed by atoms with E-state index in [2.05, 4.69) is 24.3 Å². The third-order valence-corrected chi connectivity index (χ3v) is 4.69. The molecule has 0 unspecified atom stereocenters. The number of nitriles is 3. The molecule has 0 radical (unpaired) electrons. The van der Waals surface area contributed by atoms with E-state index in [9.17, 15) is 10.5 Å². The molecule has 154 valence electrons. The van der Waals surface area contributed by atoms with Crippen molar-refractivity contribution in [3.8, 4) is 18.3 Å². The monoisotopic (exact) mass is 402 g/mol. The first-order valence-corrected chi connectivity index (χ1v) is 9.19. The van der Waals surface area contributed by atoms with Crippen molar-refractivity contribution in [2.75, 3.05) is 20.1 Å². The zero-order chi connectivity index (χ0) is 23.0. The van der Waals surface area contributed by atoms with E-state index in [0.29, 0.717) is 53.3 Å². The van der Waals surface area contributed by atoms with Gasteiger partial charge in [0, 0.05) is 31.3 Å². The highest BCUT2D eigenvalue weighted by molar-refractivity contribution is 6.18. The van der Waals surface area contributed by atoms with Crippen LogP contribution >= 0.6 is 0 Å². The fraction of sp³-hybridized carbons (Fsp3) is 0.318. The van der Waals surface area contributed by atoms with Gasteiger partial charge in [-0.25, -0.2) is 4.99 Å². The van der Waals surface area contributed by atoms with Crippen molar-refractivity contribution in [1.82, 2.24) is 4.90 Å². The molecular formula is C22H26N8. The molecule has 0 saturated carbocycles. The second-order valence-electron chi connectivity index (χ2n) is 6.68. The number of allylic oxidation sites excluding steroid dienone is 4. The molecule has 0 aliphatic heterocycles. The standard InChI is InChI=1S/C22H26N8/c1-13(9-24)18(7-8-23)28-20-15(3)16(4)21(22(17(20)5)30(6)12-27)29-19(11-26)14(2)10-25/h2-3,7-9,23-24H2,1,4-6H3/b18-13+,28-20?,29-19?. The Morgan fingerprint density at radius 1 is 1.13 bits per heavy atom. The number of hydrogen-bond donors (Lipinski definition) is 2. The van der Waals surface area contributed by atoms with Gasteiger partial charge >= 0.3 is 0 Å². The fourth-order valence-corrected chi connectivity index (χ4v) is 2.84. The molecule has 0 aromatic heterocycles. The third-order valence-electron chi connectivity index (χ3n) is 4.69. The summed E-state index contributed by atoms with van der Waals surface area (Å²) in [5.74, 6) is 0. The van der Waals surface area contributed by atoms with Gasteiger partial charge in [0.05, 0.1) is 22.7 Å². The third kappa shape index (κ3) is 4.98. The van der Waals surface area contributed by atoms with Crippen LogP contribution in [0.4, 0.5) is 0 Å². The van der Waals surface area contributed by atoms with Crippen LogP contribution in [-0.4, -0.2) is 36.5 Å². The molecule has 0 amide bonds. The maximum atomic E-state index is 9.53. The number of likely N-dealkylation sites (N-methyl/N-ethyl adjacent to an activating group) is 1. The first-order chi connectivity index (χ1) is 14.2. The van der Waals surface area contributed by atoms with Gasteiger partial charge in [-0.3, -0.25) is 9.89 Å². The highest BCUT2D eigenvalue weighted by atomic mass is 15.1. The lowest BCUT2D eigenvalue weighted by Gasteiger charge is -2.27. The Bertz CT molecular complexity index is 1040. The van der Waals surface area contributed by atoms with Gasteiger partial charge in [-0.1, -0.05) is 13.2 Å². The maximum absolute atomic E-state index is 9.53. The van der Waals surface area contributed by atoms with Crippen LogP contribution in [0.1, 0.15) is 27.2 Å². The Morgan fingerprint density at radius 3 is 2.23 bits per heavy atom. The molecule has 1 aliphatic carbocycles. The number of rotatable bonds is 7. The average molecular weight is 403 g/mol. The van der Waals surface area contributed by atoms with Gasteiger partial charge < -0.3 is 11.5 Å². The van der Waals surface area contributed by atoms with E-state index in [-0.39, 0.29) is 11.3 Å². The predicted octanol–water partition coefficient (Wildman–Crippen LogP) is 2.58. The number of hydrogen-bond acceptors (Lipinski definition) is 8. The van der Waals surface area contributed by atoms with Crippen LogP contribution in [-0.2, 0) is 0 Å². The zero-order valence-electron chi connectivity index (χ0n) is 17.9. The van der Waals surface area contributed by atoms with E-state index >= 15 is 0 Å². The topological polar surface area (TPSA) is 151 Å². The summed E-state index contributed by atoms with van der Waals surface area (Å²) in [7, 11) is 1.58. The van der Waals surface area contributed by atoms with Crippen molar-refractivity contribution < 1.29 is 0 Å². The molecule has 4 N–H and O–H groups in total. The second kappa shape index (κ2) is 10.7. The predicted molar refractivity (Wildman–Crippen MR) is 119 cm³/mol. The van der Waals surface area contributed by atoms with E-state index in [1.165, 1.54) is 4.90 Å². The lowest BCUT2D eigenvalue weighted by molar-refractivity contribution is 0.590. The van der Waals surface area contributed by atoms with Crippen LogP contribution in [0.15, 0.2) is 68.1 Å². The molecule has 0 aromatic carbocycles. The SMILES string of the molecule is C=C(C#N)C(C#N)=NC1=C(C)C(=C)C(=N/C(CCN)=C(\C)CN)C(C)=C1N(C)C#N. The maximum Gasteiger partial charge on any atom is 0.184 e. The van der Waals surface area contributed by atoms with Crippen molar-refractivity contribution in [2.45, 2.75) is 27.2 Å². The van der Waals surface area contributed by atoms with Gasteiger partial charge in [-0.05, 0) is 44.0 Å². The van der Waals surface area contributed by atoms with Gasteiger partial charge in [0.1, 0.15) is 12.1 Å². The molecule has 0 atom stereocenters. The fourth-order valence-electron chi connectivity index (χ4n) is 2.84. The first kappa shape index (κ1) is 24.3. The van der Waals surface area contributed by atoms with Gasteiger partial charge in [-0.15, -0.1) is 0 Å². The quantitative estimate of drug-likeness (QED) is 0.289. The molecule has 30 heavy (non-hydrogen) atoms. The molecule has 8 heteroatoms. The normalized spacial score (nSPS) is 16.7. The summed E-state index contributed by atoms with van der Waals surface area (Å²) >= 11 is 0. The molecule has 1 aliphatic rings. The van der Waals surface area contributed by atoms with E-state index < -0.39 is 0 Å². The van der Waals surface area contributed by atoms with Crippen molar-refractivity contribution in [1.29, 1.82) is 15.8 Å². The molecule has 1 rings (SSSR count). The number of aliphatic imine (C=N–C) groups is 2. The lowest BCUT2D eigenvalue weighted by Crippen LogP contribution is -2.24. The van der Waals surface area contributed by atoms with E-state index in [1.807, 2.05) is 19.1 Å². The van der Waals surface area contributed by atoms with Crippen molar-refractivity contribution in [3.05, 3.63) is 58.1 Å². The molecule has 0 heterocycles. The Morgan fingerprint density at radius 2 is 1.77 bits per heavy atom. The minimum absolute atomic E-state index is 0.0637. The Labute approximate surface area is 177 Å². The molecular weight excluding hydrogens is 376 g/mol. The number of nitrogens with zero attached hydrogens (tertiary/aromatic N) is 6. The summed E-state index contributed by atoms with van der Waals surface area (Å²) in [4.78, 5) is 10.5. The van der Waals surface area contributed by atoms with Crippen LogP contribution in [0.5, 0.6) is 0 Å². The van der Waals surface area contributed by atoms with E-state index in [4.69, 9.17) is 21.7 Å². The summed E-state index contributed by atoms with van der Waals surface area (Å²) in [6.45, 7) is 13.9. The summed E-state index contributed by atoms with van der Waals surface area (Å²) in [6, 6.07) is 3.71. The summed E-state index contributed by atoms with van der Waals surface area (Å²) < 4.78 is 0. The summed E-state index contributed by atoms with van der Waals surface area (Å²) in [5.41, 5.74) is 16.3. The van der Waals surface area contributed by atoms with Crippen molar-refractivity contribution >= 4 is 11.4 Å². The van der Waals surface area contributed by atoms with Crippen LogP contribution in [0, 0.1) is 34.1 Å². The van der Waals surface area contributed by atoms with E-state index in [1.54, 1.807) is 20.9 Å². The van der Waals surface area contributed by atoms with Crippen LogP contribution in [0.2, 0.25) is 0 Å². The molecule has 0 fully saturated rings. The lowest BCUT2D eigenvalue weighted by atomic mass is 9.88. The minimum Gasteiger partial charge on any atom is -0.330 e. The van der Waals surface area contributed by atoms with Gasteiger partial charge in [0.15, 0.2) is 11.9 Å². The van der Waals surface area contributed by atoms with Gasteiger partial charge in [0.2, 0.25) is 0 Å². The van der Waals surface area contributed by atoms with Crippen LogP contribution < -0.4 is 11.5 Å². The Kier molecular flexibility index (Phi) is 8.64. The first-order valence-electron chi connectivity index (χ1n) is 9.19. The minimum atomic E-state index is -0.126. The Balaban J connectivity index is 3.88. The summed E-state index contributed by atoms with van der Waals surface area (Å²) in [5, 5.41) is 28.0. The van der Waals surface area contributed by atoms with Crippen molar-refractivity contribution in [3.63, 3.8) is 0 Å². The van der Waals surface area contributed by atoms with Crippen LogP contribution in [0.25, 0.3) is 0 Å². The molecule has 0 bridgehead atoms. The highest BCUT2D eigenvalue weighted by Gasteiger charge is 2.28. The zero-order valence-corrected chi connectivity index (χ0v) is 17.9. The average Bonchev–Trinajstić information content (AvgIpc) is 2.75. The van der Waals surface area contributed by atoms with Crippen molar-refractivity contribution in [2.24, 2.45) is 21.5 Å². The Hall–Kier alpha value is -3.77. The van der Waals surface area contributed by atoms with Crippen LogP contribution in [0.3, 0.4) is 0 Å². The van der Waals surface area contributed by atoms with E-state index in [0.717, 1.165) is 11.3 Å². The second-order valence-corrected chi connectivity index (χ2v) is 6.68. The number of nitrogens with two attached hydrogens (primary N) is 2. The molecule has 0 saturated heterocycles. The highest BCUT2D eigenvalue weighted by Crippen LogP contribution is 2.35. The molecule has 8 nitrogen and oxygen atoms in total.